The Labute approximate surface area is 112 Å². The van der Waals surface area contributed by atoms with E-state index in [1.54, 1.807) is 7.05 Å². The molecule has 0 radical (unpaired) electrons. The summed E-state index contributed by atoms with van der Waals surface area (Å²) in [4.78, 5) is 22.1. The number of aromatic nitrogens is 2. The van der Waals surface area contributed by atoms with Crippen LogP contribution in [0.2, 0.25) is 5.28 Å². The Morgan fingerprint density at radius 3 is 3.00 bits per heavy atom. The summed E-state index contributed by atoms with van der Waals surface area (Å²) >= 11 is 5.87. The van der Waals surface area contributed by atoms with Gasteiger partial charge in [0.2, 0.25) is 11.2 Å². The number of rotatable bonds is 2. The van der Waals surface area contributed by atoms with Crippen LogP contribution in [0.3, 0.4) is 0 Å². The van der Waals surface area contributed by atoms with Crippen LogP contribution in [0.4, 0.5) is 5.82 Å². The van der Waals surface area contributed by atoms with Crippen LogP contribution < -0.4 is 10.2 Å². The van der Waals surface area contributed by atoms with Crippen LogP contribution in [0.5, 0.6) is 0 Å². The quantitative estimate of drug-likeness (QED) is 0.824. The topological polar surface area (TPSA) is 58.1 Å². The summed E-state index contributed by atoms with van der Waals surface area (Å²) in [5, 5.41) is 2.96. The number of aryl methyl sites for hydroxylation is 1. The van der Waals surface area contributed by atoms with Crippen LogP contribution in [0.1, 0.15) is 18.5 Å². The van der Waals surface area contributed by atoms with E-state index in [1.807, 2.05) is 13.0 Å². The molecule has 18 heavy (non-hydrogen) atoms. The Morgan fingerprint density at radius 1 is 1.56 bits per heavy atom. The van der Waals surface area contributed by atoms with Crippen molar-refractivity contribution < 1.29 is 4.79 Å². The minimum absolute atomic E-state index is 0.0257. The van der Waals surface area contributed by atoms with Gasteiger partial charge in [-0.05, 0) is 31.4 Å². The SMILES string of the molecule is CNC(=O)C1CCCN(c2cc(C)nc(Cl)n2)C1. The molecule has 1 amide bonds. The standard InChI is InChI=1S/C12H17ClN4O/c1-8-6-10(16-12(13)15-8)17-5-3-4-9(7-17)11(18)14-2/h6,9H,3-5,7H2,1-2H3,(H,14,18). The molecule has 0 aliphatic carbocycles. The molecule has 0 bridgehead atoms. The summed E-state index contributed by atoms with van der Waals surface area (Å²) < 4.78 is 0. The molecule has 0 saturated carbocycles. The second kappa shape index (κ2) is 5.52. The summed E-state index contributed by atoms with van der Waals surface area (Å²) in [5.74, 6) is 0.926. The molecule has 2 heterocycles. The molecular formula is C12H17ClN4O. The van der Waals surface area contributed by atoms with Gasteiger partial charge in [-0.1, -0.05) is 0 Å². The first-order chi connectivity index (χ1) is 8.60. The lowest BCUT2D eigenvalue weighted by molar-refractivity contribution is -0.124. The van der Waals surface area contributed by atoms with Gasteiger partial charge in [0.1, 0.15) is 5.82 Å². The van der Waals surface area contributed by atoms with Crippen molar-refractivity contribution in [2.24, 2.45) is 5.92 Å². The van der Waals surface area contributed by atoms with E-state index < -0.39 is 0 Å². The zero-order valence-corrected chi connectivity index (χ0v) is 11.4. The number of hydrogen-bond donors (Lipinski definition) is 1. The highest BCUT2D eigenvalue weighted by molar-refractivity contribution is 6.28. The van der Waals surface area contributed by atoms with Gasteiger partial charge in [-0.15, -0.1) is 0 Å². The molecule has 1 saturated heterocycles. The first-order valence-electron chi connectivity index (χ1n) is 6.08. The Kier molecular flexibility index (Phi) is 4.01. The Balaban J connectivity index is 2.15. The van der Waals surface area contributed by atoms with E-state index in [4.69, 9.17) is 11.6 Å². The predicted octanol–water partition coefficient (Wildman–Crippen LogP) is 1.40. The number of hydrogen-bond acceptors (Lipinski definition) is 4. The number of amides is 1. The number of nitrogens with one attached hydrogen (secondary N) is 1. The third-order valence-corrected chi connectivity index (χ3v) is 3.35. The molecule has 1 N–H and O–H groups in total. The van der Waals surface area contributed by atoms with E-state index >= 15 is 0 Å². The first kappa shape index (κ1) is 13.1. The number of halogens is 1. The summed E-state index contributed by atoms with van der Waals surface area (Å²) in [6.07, 6.45) is 1.91. The lowest BCUT2D eigenvalue weighted by atomic mass is 9.97. The predicted molar refractivity (Wildman–Crippen MR) is 70.8 cm³/mol. The lowest BCUT2D eigenvalue weighted by Gasteiger charge is -2.32. The van der Waals surface area contributed by atoms with E-state index in [1.165, 1.54) is 0 Å². The van der Waals surface area contributed by atoms with Crippen molar-refractivity contribution in [2.45, 2.75) is 19.8 Å². The Bertz CT molecular complexity index is 431. The number of piperidine rings is 1. The summed E-state index contributed by atoms with van der Waals surface area (Å²) in [5.41, 5.74) is 0.840. The molecule has 1 fully saturated rings. The molecule has 1 aromatic rings. The largest absolute Gasteiger partial charge is 0.359 e. The van der Waals surface area contributed by atoms with Crippen molar-refractivity contribution in [3.8, 4) is 0 Å². The van der Waals surface area contributed by atoms with Crippen LogP contribution >= 0.6 is 11.6 Å². The molecule has 1 aliphatic rings. The van der Waals surface area contributed by atoms with Gasteiger partial charge in [0.05, 0.1) is 5.92 Å². The van der Waals surface area contributed by atoms with E-state index in [-0.39, 0.29) is 17.1 Å². The van der Waals surface area contributed by atoms with Gasteiger partial charge < -0.3 is 10.2 Å². The summed E-state index contributed by atoms with van der Waals surface area (Å²) in [7, 11) is 1.67. The number of carbonyl (C=O) groups is 1. The molecule has 98 valence electrons. The average Bonchev–Trinajstić information content (AvgIpc) is 2.37. The van der Waals surface area contributed by atoms with E-state index in [0.29, 0.717) is 6.54 Å². The molecule has 1 unspecified atom stereocenters. The molecule has 2 rings (SSSR count). The highest BCUT2D eigenvalue weighted by Crippen LogP contribution is 2.23. The van der Waals surface area contributed by atoms with E-state index in [9.17, 15) is 4.79 Å². The maximum absolute atomic E-state index is 11.7. The maximum Gasteiger partial charge on any atom is 0.224 e. The van der Waals surface area contributed by atoms with Gasteiger partial charge in [-0.2, -0.15) is 0 Å². The van der Waals surface area contributed by atoms with Gasteiger partial charge in [-0.25, -0.2) is 9.97 Å². The monoisotopic (exact) mass is 268 g/mol. The summed E-state index contributed by atoms with van der Waals surface area (Å²) in [6, 6.07) is 1.90. The zero-order valence-electron chi connectivity index (χ0n) is 10.6. The third kappa shape index (κ3) is 2.90. The van der Waals surface area contributed by atoms with Crippen LogP contribution in [-0.2, 0) is 4.79 Å². The summed E-state index contributed by atoms with van der Waals surface area (Å²) in [6.45, 7) is 3.48. The first-order valence-corrected chi connectivity index (χ1v) is 6.45. The maximum atomic E-state index is 11.7. The van der Waals surface area contributed by atoms with E-state index in [0.717, 1.165) is 30.9 Å². The van der Waals surface area contributed by atoms with Crippen molar-refractivity contribution in [3.63, 3.8) is 0 Å². The van der Waals surface area contributed by atoms with Crippen LogP contribution in [0.25, 0.3) is 0 Å². The van der Waals surface area contributed by atoms with Gasteiger partial charge in [-0.3, -0.25) is 4.79 Å². The van der Waals surface area contributed by atoms with Crippen molar-refractivity contribution in [3.05, 3.63) is 17.0 Å². The Morgan fingerprint density at radius 2 is 2.33 bits per heavy atom. The van der Waals surface area contributed by atoms with Crippen molar-refractivity contribution in [2.75, 3.05) is 25.0 Å². The fourth-order valence-corrected chi connectivity index (χ4v) is 2.50. The molecule has 0 spiro atoms. The smallest absolute Gasteiger partial charge is 0.224 e. The van der Waals surface area contributed by atoms with E-state index in [2.05, 4.69) is 20.2 Å². The lowest BCUT2D eigenvalue weighted by Crippen LogP contribution is -2.42. The second-order valence-corrected chi connectivity index (χ2v) is 4.87. The molecule has 1 atom stereocenters. The van der Waals surface area contributed by atoms with Crippen LogP contribution in [-0.4, -0.2) is 36.0 Å². The number of carbonyl (C=O) groups excluding carboxylic acids is 1. The van der Waals surface area contributed by atoms with Gasteiger partial charge in [0, 0.05) is 31.9 Å². The average molecular weight is 269 g/mol. The third-order valence-electron chi connectivity index (χ3n) is 3.18. The highest BCUT2D eigenvalue weighted by atomic mass is 35.5. The van der Waals surface area contributed by atoms with Crippen molar-refractivity contribution in [1.82, 2.24) is 15.3 Å². The second-order valence-electron chi connectivity index (χ2n) is 4.54. The molecule has 1 aromatic heterocycles. The fraction of sp³-hybridized carbons (Fsp3) is 0.583. The van der Waals surface area contributed by atoms with Crippen LogP contribution in [0, 0.1) is 12.8 Å². The normalized spacial score (nSPS) is 19.7. The minimum atomic E-state index is 0.0257. The molecule has 1 aliphatic heterocycles. The van der Waals surface area contributed by atoms with Crippen LogP contribution in [0.15, 0.2) is 6.07 Å². The number of anilines is 1. The molecule has 5 nitrogen and oxygen atoms in total. The minimum Gasteiger partial charge on any atom is -0.359 e. The zero-order chi connectivity index (χ0) is 13.1. The molecule has 0 aromatic carbocycles. The van der Waals surface area contributed by atoms with Gasteiger partial charge >= 0.3 is 0 Å². The Hall–Kier alpha value is -1.36. The van der Waals surface area contributed by atoms with Gasteiger partial charge in [0.15, 0.2) is 0 Å². The van der Waals surface area contributed by atoms with Crippen molar-refractivity contribution in [1.29, 1.82) is 0 Å². The number of nitrogens with zero attached hydrogens (tertiary/aromatic N) is 3. The molecule has 6 heteroatoms. The molecular weight excluding hydrogens is 252 g/mol. The highest BCUT2D eigenvalue weighted by Gasteiger charge is 2.26. The van der Waals surface area contributed by atoms with Crippen molar-refractivity contribution >= 4 is 23.3 Å². The van der Waals surface area contributed by atoms with Gasteiger partial charge in [0.25, 0.3) is 0 Å². The fourth-order valence-electron chi connectivity index (χ4n) is 2.28.